The molecule has 2 aromatic rings. The lowest BCUT2D eigenvalue weighted by Gasteiger charge is -2.32. The number of ether oxygens (including phenoxy) is 2. The number of pyridine rings is 1. The number of sulfonamides is 1. The molecule has 4 aliphatic rings. The number of aromatic nitrogens is 1. The van der Waals surface area contributed by atoms with Crippen molar-refractivity contribution < 1.29 is 51.0 Å². The molecule has 4 amide bonds. The molecule has 0 radical (unpaired) electrons. The lowest BCUT2D eigenvalue weighted by Crippen LogP contribution is -2.59. The van der Waals surface area contributed by atoms with E-state index in [9.17, 15) is 41.5 Å². The minimum atomic E-state index is -4.41. The van der Waals surface area contributed by atoms with Gasteiger partial charge in [0.1, 0.15) is 41.0 Å². The summed E-state index contributed by atoms with van der Waals surface area (Å²) in [5.41, 5.74) is -1.70. The highest BCUT2D eigenvalue weighted by Gasteiger charge is 2.64. The summed E-state index contributed by atoms with van der Waals surface area (Å²) in [6, 6.07) is 2.98. The molecule has 3 heterocycles. The minimum Gasteiger partial charge on any atom is -0.481 e. The zero-order valence-electron chi connectivity index (χ0n) is 29.1. The molecule has 4 N–H and O–H groups in total. The van der Waals surface area contributed by atoms with Crippen LogP contribution in [0.5, 0.6) is 11.8 Å². The second-order valence-electron chi connectivity index (χ2n) is 14.6. The summed E-state index contributed by atoms with van der Waals surface area (Å²) in [5, 5.41) is 15.7. The topological polar surface area (TPSA) is 193 Å². The number of carboxylic acid groups (broad SMARTS) is 1. The Bertz CT molecular complexity index is 1910. The highest BCUT2D eigenvalue weighted by atomic mass is 32.2. The molecule has 2 aliphatic carbocycles. The van der Waals surface area contributed by atoms with Gasteiger partial charge in [0.15, 0.2) is 0 Å². The maximum atomic E-state index is 14.3. The molecule has 52 heavy (non-hydrogen) atoms. The van der Waals surface area contributed by atoms with Gasteiger partial charge in [-0.05, 0) is 73.9 Å². The minimum absolute atomic E-state index is 0.0488. The second-order valence-corrected chi connectivity index (χ2v) is 16.7. The van der Waals surface area contributed by atoms with E-state index < -0.39 is 86.6 Å². The zero-order valence-corrected chi connectivity index (χ0v) is 29.9. The van der Waals surface area contributed by atoms with Gasteiger partial charge in [0, 0.05) is 23.8 Å². The number of carbonyl (C=O) groups excluding carboxylic acids is 3. The largest absolute Gasteiger partial charge is 0.481 e. The fraction of sp³-hybridized carbons (Fsp3) is 0.571. The normalized spacial score (nSPS) is 30.8. The van der Waals surface area contributed by atoms with Gasteiger partial charge < -0.3 is 30.1 Å². The van der Waals surface area contributed by atoms with Crippen molar-refractivity contribution in [1.29, 1.82) is 0 Å². The van der Waals surface area contributed by atoms with Gasteiger partial charge in [0.25, 0.3) is 5.91 Å². The molecule has 0 bridgehead atoms. The molecule has 7 atom stereocenters. The average molecular weight is 748 g/mol. The third kappa shape index (κ3) is 7.23. The van der Waals surface area contributed by atoms with Gasteiger partial charge in [-0.3, -0.25) is 19.1 Å². The van der Waals surface area contributed by atoms with Crippen molar-refractivity contribution in [1.82, 2.24) is 25.2 Å². The number of halogens is 2. The molecule has 1 aromatic carbocycles. The van der Waals surface area contributed by atoms with Crippen LogP contribution in [0.15, 0.2) is 36.4 Å². The lowest BCUT2D eigenvalue weighted by atomic mass is 9.88. The summed E-state index contributed by atoms with van der Waals surface area (Å²) in [5.74, 6) is -3.80. The van der Waals surface area contributed by atoms with Crippen LogP contribution >= 0.6 is 0 Å². The molecule has 282 valence electrons. The van der Waals surface area contributed by atoms with Crippen molar-refractivity contribution in [3.63, 3.8) is 0 Å². The molecular weight excluding hydrogens is 704 g/mol. The standard InChI is InChI=1S/C35H43F2N5O9S/c1-19-6-4-5-7-22-16-35(22,32(45)41-52(48,49)34(18-36)10-11-34)40-29(43)26-15-24(17-42(26)31(44)28(20(2)12-19)39-33(46)47)51-30-25-9-8-23(37)13-21(25)14-27(38-30)50-3/h5,7-9,13-14,19-20,22,24,26,28,39H,4,6,10-12,15-18H2,1-3H3,(H,40,43)(H,41,45)(H,46,47)/b7-5-/t19-,20+,22+,24+,26-,28-,35+/m0/s1. The van der Waals surface area contributed by atoms with E-state index >= 15 is 0 Å². The van der Waals surface area contributed by atoms with Crippen LogP contribution in [0, 0.1) is 23.6 Å². The first-order chi connectivity index (χ1) is 24.6. The van der Waals surface area contributed by atoms with Gasteiger partial charge in [0.05, 0.1) is 13.7 Å². The van der Waals surface area contributed by atoms with E-state index in [1.165, 1.54) is 36.3 Å². The van der Waals surface area contributed by atoms with E-state index in [-0.39, 0.29) is 49.9 Å². The molecule has 17 heteroatoms. The Balaban J connectivity index is 1.35. The van der Waals surface area contributed by atoms with E-state index in [1.807, 2.05) is 17.7 Å². The molecule has 6 rings (SSSR count). The molecule has 14 nitrogen and oxygen atoms in total. The first kappa shape index (κ1) is 37.2. The number of nitrogens with one attached hydrogen (secondary N) is 3. The Morgan fingerprint density at radius 1 is 1.17 bits per heavy atom. The fourth-order valence-electron chi connectivity index (χ4n) is 7.41. The predicted molar refractivity (Wildman–Crippen MR) is 183 cm³/mol. The first-order valence-electron chi connectivity index (χ1n) is 17.3. The van der Waals surface area contributed by atoms with E-state index in [1.54, 1.807) is 13.0 Å². The molecule has 0 spiro atoms. The van der Waals surface area contributed by atoms with Crippen molar-refractivity contribution in [2.75, 3.05) is 20.3 Å². The fourth-order valence-corrected chi connectivity index (χ4v) is 8.84. The Hall–Kier alpha value is -4.54. The monoisotopic (exact) mass is 747 g/mol. The van der Waals surface area contributed by atoms with Crippen molar-refractivity contribution in [2.45, 2.75) is 87.3 Å². The van der Waals surface area contributed by atoms with Crippen LogP contribution in [0.4, 0.5) is 13.6 Å². The van der Waals surface area contributed by atoms with Crippen molar-refractivity contribution in [3.8, 4) is 11.8 Å². The van der Waals surface area contributed by atoms with Crippen LogP contribution in [0.1, 0.15) is 58.8 Å². The van der Waals surface area contributed by atoms with E-state index in [4.69, 9.17) is 9.47 Å². The quantitative estimate of drug-likeness (QED) is 0.292. The summed E-state index contributed by atoms with van der Waals surface area (Å²) in [4.78, 5) is 59.9. The first-order valence-corrected chi connectivity index (χ1v) is 18.8. The Morgan fingerprint density at radius 2 is 1.92 bits per heavy atom. The number of allylic oxidation sites excluding steroid dienone is 1. The average Bonchev–Trinajstić information content (AvgIpc) is 3.99. The zero-order chi connectivity index (χ0) is 37.6. The number of carbonyl (C=O) groups is 4. The second kappa shape index (κ2) is 14.1. The Kier molecular flexibility index (Phi) is 10.1. The smallest absolute Gasteiger partial charge is 0.405 e. The van der Waals surface area contributed by atoms with Gasteiger partial charge in [-0.2, -0.15) is 4.98 Å². The van der Waals surface area contributed by atoms with Crippen molar-refractivity contribution in [3.05, 3.63) is 42.2 Å². The summed E-state index contributed by atoms with van der Waals surface area (Å²) in [7, 11) is -3.03. The number of methoxy groups -OCH3 is 1. The number of rotatable bonds is 8. The molecule has 2 saturated carbocycles. The maximum Gasteiger partial charge on any atom is 0.405 e. The van der Waals surface area contributed by atoms with E-state index in [0.717, 1.165) is 0 Å². The highest BCUT2D eigenvalue weighted by Crippen LogP contribution is 2.48. The molecule has 2 aliphatic heterocycles. The van der Waals surface area contributed by atoms with Gasteiger partial charge in [-0.25, -0.2) is 22.0 Å². The summed E-state index contributed by atoms with van der Waals surface area (Å²) in [6.07, 6.45) is 3.10. The number of fused-ring (bicyclic) bond motifs is 3. The third-order valence-corrected chi connectivity index (χ3v) is 12.9. The molecular formula is C35H43F2N5O9S. The van der Waals surface area contributed by atoms with Gasteiger partial charge in [-0.1, -0.05) is 26.0 Å². The molecule has 1 aromatic heterocycles. The van der Waals surface area contributed by atoms with Gasteiger partial charge >= 0.3 is 6.09 Å². The number of hydrogen-bond acceptors (Lipinski definition) is 9. The number of nitrogens with zero attached hydrogens (tertiary/aromatic N) is 2. The number of amides is 4. The van der Waals surface area contributed by atoms with Crippen molar-refractivity contribution >= 4 is 44.6 Å². The summed E-state index contributed by atoms with van der Waals surface area (Å²) in [6.45, 7) is 2.39. The number of benzene rings is 1. The number of hydrogen-bond donors (Lipinski definition) is 4. The SMILES string of the molecule is COc1cc2cc(F)ccc2c(O[C@@H]2C[C@H]3C(=O)N[C@]4(C(=O)NS(=O)(=O)C5(CF)CC5)C[C@H]4/C=C\CC[C@H](C)C[C@@H](C)[C@H](NC(=O)O)C(=O)N3C2)n1. The van der Waals surface area contributed by atoms with Crippen LogP contribution in [0.25, 0.3) is 10.8 Å². The van der Waals surface area contributed by atoms with E-state index in [0.29, 0.717) is 30.0 Å². The predicted octanol–water partition coefficient (Wildman–Crippen LogP) is 3.20. The van der Waals surface area contributed by atoms with Crippen molar-refractivity contribution in [2.24, 2.45) is 17.8 Å². The van der Waals surface area contributed by atoms with Crippen LogP contribution in [0.2, 0.25) is 0 Å². The van der Waals surface area contributed by atoms with Crippen LogP contribution < -0.4 is 24.8 Å². The number of alkyl halides is 1. The maximum absolute atomic E-state index is 14.3. The Labute approximate surface area is 299 Å². The lowest BCUT2D eigenvalue weighted by molar-refractivity contribution is -0.142. The Morgan fingerprint density at radius 3 is 2.60 bits per heavy atom. The summed E-state index contributed by atoms with van der Waals surface area (Å²) < 4.78 is 65.9. The third-order valence-electron chi connectivity index (χ3n) is 10.8. The van der Waals surface area contributed by atoms with E-state index in [2.05, 4.69) is 15.6 Å². The molecule has 1 saturated heterocycles. The van der Waals surface area contributed by atoms with Gasteiger partial charge in [0.2, 0.25) is 33.6 Å². The van der Waals surface area contributed by atoms with Gasteiger partial charge in [-0.15, -0.1) is 0 Å². The summed E-state index contributed by atoms with van der Waals surface area (Å²) >= 11 is 0. The van der Waals surface area contributed by atoms with Crippen LogP contribution in [0.3, 0.4) is 0 Å². The van der Waals surface area contributed by atoms with Crippen LogP contribution in [-0.2, 0) is 24.4 Å². The van der Waals surface area contributed by atoms with Crippen LogP contribution in [-0.4, -0.2) is 96.0 Å². The highest BCUT2D eigenvalue weighted by molar-refractivity contribution is 7.91. The molecule has 0 unspecified atom stereocenters. The molecule has 3 fully saturated rings.